The molecule has 1 aromatic carbocycles. The first-order valence-corrected chi connectivity index (χ1v) is 5.36. The number of fused-ring (bicyclic) bond motifs is 1. The molecule has 3 heteroatoms. The number of aliphatic hydroxyl groups excluding tert-OH is 1. The summed E-state index contributed by atoms with van der Waals surface area (Å²) < 4.78 is 3.17. The van der Waals surface area contributed by atoms with Crippen LogP contribution in [0.3, 0.4) is 0 Å². The number of hydrogen-bond donors (Lipinski definition) is 1. The Labute approximate surface area is 91.3 Å². The van der Waals surface area contributed by atoms with Crippen LogP contribution < -0.4 is 0 Å². The van der Waals surface area contributed by atoms with E-state index in [1.807, 2.05) is 13.1 Å². The Bertz CT molecular complexity index is 462. The number of aryl methyl sites for hydroxylation is 1. The molecular weight excluding hydrogens is 242 g/mol. The van der Waals surface area contributed by atoms with Crippen LogP contribution in [0.15, 0.2) is 28.9 Å². The Kier molecular flexibility index (Phi) is 2.61. The number of benzene rings is 1. The molecule has 14 heavy (non-hydrogen) atoms. The van der Waals surface area contributed by atoms with Gasteiger partial charge < -0.3 is 9.67 Å². The molecule has 0 spiro atoms. The van der Waals surface area contributed by atoms with Crippen LogP contribution in [-0.4, -0.2) is 16.3 Å². The van der Waals surface area contributed by atoms with Crippen LogP contribution in [0.4, 0.5) is 0 Å². The van der Waals surface area contributed by atoms with E-state index in [2.05, 4.69) is 38.8 Å². The number of hydrogen-bond acceptors (Lipinski definition) is 1. The maximum absolute atomic E-state index is 8.92. The maximum atomic E-state index is 8.92. The zero-order chi connectivity index (χ0) is 10.1. The summed E-state index contributed by atoms with van der Waals surface area (Å²) in [6, 6.07) is 6.21. The second-order valence-electron chi connectivity index (χ2n) is 3.40. The minimum absolute atomic E-state index is 0.204. The van der Waals surface area contributed by atoms with Gasteiger partial charge in [-0.2, -0.15) is 0 Å². The van der Waals surface area contributed by atoms with Crippen molar-refractivity contribution < 1.29 is 5.11 Å². The lowest BCUT2D eigenvalue weighted by atomic mass is 10.1. The SMILES string of the molecule is Cn1cc(CCO)c2ccc(Br)cc21. The van der Waals surface area contributed by atoms with E-state index in [1.165, 1.54) is 16.5 Å². The zero-order valence-corrected chi connectivity index (χ0v) is 9.58. The van der Waals surface area contributed by atoms with Gasteiger partial charge in [-0.25, -0.2) is 0 Å². The molecular formula is C11H12BrNO. The second-order valence-corrected chi connectivity index (χ2v) is 4.32. The Hall–Kier alpha value is -0.800. The quantitative estimate of drug-likeness (QED) is 0.875. The predicted molar refractivity (Wildman–Crippen MR) is 61.4 cm³/mol. The normalized spacial score (nSPS) is 11.1. The molecule has 74 valence electrons. The molecule has 1 aromatic heterocycles. The number of aromatic nitrogens is 1. The molecule has 2 nitrogen and oxygen atoms in total. The third-order valence-electron chi connectivity index (χ3n) is 2.42. The summed E-state index contributed by atoms with van der Waals surface area (Å²) in [5.74, 6) is 0. The molecule has 2 aromatic rings. The van der Waals surface area contributed by atoms with Crippen molar-refractivity contribution in [2.75, 3.05) is 6.61 Å². The number of aliphatic hydroxyl groups is 1. The van der Waals surface area contributed by atoms with Gasteiger partial charge in [-0.3, -0.25) is 0 Å². The van der Waals surface area contributed by atoms with Crippen molar-refractivity contribution in [3.05, 3.63) is 34.4 Å². The lowest BCUT2D eigenvalue weighted by molar-refractivity contribution is 0.300. The van der Waals surface area contributed by atoms with Crippen LogP contribution in [-0.2, 0) is 13.5 Å². The summed E-state index contributed by atoms with van der Waals surface area (Å²) in [6.07, 6.45) is 2.80. The largest absolute Gasteiger partial charge is 0.396 e. The maximum Gasteiger partial charge on any atom is 0.0491 e. The van der Waals surface area contributed by atoms with Crippen LogP contribution in [0.5, 0.6) is 0 Å². The molecule has 1 N–H and O–H groups in total. The molecule has 0 unspecified atom stereocenters. The van der Waals surface area contributed by atoms with Gasteiger partial charge in [0.25, 0.3) is 0 Å². The van der Waals surface area contributed by atoms with E-state index < -0.39 is 0 Å². The van der Waals surface area contributed by atoms with Crippen molar-refractivity contribution in [2.45, 2.75) is 6.42 Å². The minimum atomic E-state index is 0.204. The molecule has 0 aliphatic carbocycles. The fraction of sp³-hybridized carbons (Fsp3) is 0.273. The fourth-order valence-electron chi connectivity index (χ4n) is 1.76. The third-order valence-corrected chi connectivity index (χ3v) is 2.91. The Morgan fingerprint density at radius 2 is 2.21 bits per heavy atom. The van der Waals surface area contributed by atoms with Gasteiger partial charge in [0, 0.05) is 35.2 Å². The first-order valence-electron chi connectivity index (χ1n) is 4.56. The summed E-state index contributed by atoms with van der Waals surface area (Å²) >= 11 is 3.45. The van der Waals surface area contributed by atoms with E-state index >= 15 is 0 Å². The van der Waals surface area contributed by atoms with E-state index in [9.17, 15) is 0 Å². The number of halogens is 1. The van der Waals surface area contributed by atoms with E-state index in [0.29, 0.717) is 0 Å². The molecule has 0 radical (unpaired) electrons. The lowest BCUT2D eigenvalue weighted by Gasteiger charge is -1.96. The molecule has 0 atom stereocenters. The summed E-state index contributed by atoms with van der Waals surface area (Å²) in [6.45, 7) is 0.204. The highest BCUT2D eigenvalue weighted by Gasteiger charge is 2.05. The summed E-state index contributed by atoms with van der Waals surface area (Å²) in [4.78, 5) is 0. The van der Waals surface area contributed by atoms with Crippen LogP contribution >= 0.6 is 15.9 Å². The molecule has 0 aliphatic heterocycles. The summed E-state index contributed by atoms with van der Waals surface area (Å²) in [7, 11) is 2.02. The Morgan fingerprint density at radius 3 is 2.93 bits per heavy atom. The van der Waals surface area contributed by atoms with Gasteiger partial charge in [0.1, 0.15) is 0 Å². The Morgan fingerprint density at radius 1 is 1.43 bits per heavy atom. The summed E-state index contributed by atoms with van der Waals surface area (Å²) in [5.41, 5.74) is 2.40. The average molecular weight is 254 g/mol. The van der Waals surface area contributed by atoms with Crippen LogP contribution in [0.25, 0.3) is 10.9 Å². The highest BCUT2D eigenvalue weighted by Crippen LogP contribution is 2.24. The number of nitrogens with zero attached hydrogens (tertiary/aromatic N) is 1. The van der Waals surface area contributed by atoms with Gasteiger partial charge >= 0.3 is 0 Å². The molecule has 0 saturated carbocycles. The molecule has 1 heterocycles. The molecule has 0 aliphatic rings. The van der Waals surface area contributed by atoms with E-state index in [-0.39, 0.29) is 6.61 Å². The van der Waals surface area contributed by atoms with Gasteiger partial charge in [-0.05, 0) is 24.1 Å². The highest BCUT2D eigenvalue weighted by molar-refractivity contribution is 9.10. The van der Waals surface area contributed by atoms with E-state index in [4.69, 9.17) is 5.11 Å². The smallest absolute Gasteiger partial charge is 0.0491 e. The fourth-order valence-corrected chi connectivity index (χ4v) is 2.11. The second kappa shape index (κ2) is 3.75. The molecule has 2 rings (SSSR count). The molecule has 0 amide bonds. The van der Waals surface area contributed by atoms with Gasteiger partial charge in [-0.1, -0.05) is 22.0 Å². The van der Waals surface area contributed by atoms with Gasteiger partial charge in [0.2, 0.25) is 0 Å². The first-order chi connectivity index (χ1) is 6.72. The van der Waals surface area contributed by atoms with Crippen molar-refractivity contribution in [3.63, 3.8) is 0 Å². The lowest BCUT2D eigenvalue weighted by Crippen LogP contribution is -1.88. The highest BCUT2D eigenvalue weighted by atomic mass is 79.9. The standard InChI is InChI=1S/C11H12BrNO/c1-13-7-8(4-5-14)10-3-2-9(12)6-11(10)13/h2-3,6-7,14H,4-5H2,1H3. The van der Waals surface area contributed by atoms with Crippen molar-refractivity contribution >= 4 is 26.8 Å². The summed E-state index contributed by atoms with van der Waals surface area (Å²) in [5, 5.41) is 10.2. The van der Waals surface area contributed by atoms with E-state index in [0.717, 1.165) is 10.9 Å². The molecule has 0 saturated heterocycles. The Balaban J connectivity index is 2.65. The van der Waals surface area contributed by atoms with Crippen molar-refractivity contribution in [1.82, 2.24) is 4.57 Å². The molecule has 0 fully saturated rings. The van der Waals surface area contributed by atoms with Crippen LogP contribution in [0.2, 0.25) is 0 Å². The zero-order valence-electron chi connectivity index (χ0n) is 8.00. The third kappa shape index (κ3) is 1.57. The topological polar surface area (TPSA) is 25.2 Å². The van der Waals surface area contributed by atoms with E-state index in [1.54, 1.807) is 0 Å². The van der Waals surface area contributed by atoms with Crippen LogP contribution in [0.1, 0.15) is 5.56 Å². The van der Waals surface area contributed by atoms with Crippen molar-refractivity contribution in [2.24, 2.45) is 7.05 Å². The first kappa shape index (κ1) is 9.74. The van der Waals surface area contributed by atoms with Crippen molar-refractivity contribution in [3.8, 4) is 0 Å². The van der Waals surface area contributed by atoms with Gasteiger partial charge in [-0.15, -0.1) is 0 Å². The average Bonchev–Trinajstić information content (AvgIpc) is 2.44. The van der Waals surface area contributed by atoms with Crippen LogP contribution in [0, 0.1) is 0 Å². The minimum Gasteiger partial charge on any atom is -0.396 e. The monoisotopic (exact) mass is 253 g/mol. The van der Waals surface area contributed by atoms with Crippen molar-refractivity contribution in [1.29, 1.82) is 0 Å². The predicted octanol–water partition coefficient (Wildman–Crippen LogP) is 2.48. The molecule has 0 bridgehead atoms. The van der Waals surface area contributed by atoms with Gasteiger partial charge in [0.05, 0.1) is 0 Å². The van der Waals surface area contributed by atoms with Gasteiger partial charge in [0.15, 0.2) is 0 Å². The number of rotatable bonds is 2.